The van der Waals surface area contributed by atoms with Crippen molar-refractivity contribution in [2.75, 3.05) is 46.3 Å². The predicted molar refractivity (Wildman–Crippen MR) is 81.8 cm³/mol. The molecule has 2 heterocycles. The molecule has 0 aliphatic carbocycles. The van der Waals surface area contributed by atoms with E-state index in [1.54, 1.807) is 24.3 Å². The van der Waals surface area contributed by atoms with Crippen molar-refractivity contribution in [3.8, 4) is 0 Å². The second kappa shape index (κ2) is 6.16. The van der Waals surface area contributed by atoms with E-state index in [9.17, 15) is 14.7 Å². The van der Waals surface area contributed by atoms with Gasteiger partial charge in [0.1, 0.15) is 0 Å². The monoisotopic (exact) mass is 303 g/mol. The summed E-state index contributed by atoms with van der Waals surface area (Å²) in [5.41, 5.74) is 0.860. The van der Waals surface area contributed by atoms with Gasteiger partial charge in [0.15, 0.2) is 0 Å². The molecule has 1 atom stereocenters. The number of rotatable bonds is 4. The molecule has 2 amide bonds. The number of nitrogens with zero attached hydrogens (tertiary/aromatic N) is 3. The fraction of sp³-hybridized carbons (Fsp3) is 0.500. The molecule has 0 saturated carbocycles. The number of β-amino-alcohol motifs (C(OH)–C–C–N with tert-alkyl or cyclic N) is 1. The Labute approximate surface area is 129 Å². The van der Waals surface area contributed by atoms with Crippen LogP contribution in [0.15, 0.2) is 24.3 Å². The zero-order valence-corrected chi connectivity index (χ0v) is 12.7. The Morgan fingerprint density at radius 1 is 1.00 bits per heavy atom. The molecule has 0 spiro atoms. The number of hydrogen-bond acceptors (Lipinski definition) is 5. The molecule has 2 aliphatic rings. The second-order valence-corrected chi connectivity index (χ2v) is 6.02. The molecule has 118 valence electrons. The Morgan fingerprint density at radius 2 is 1.55 bits per heavy atom. The molecule has 22 heavy (non-hydrogen) atoms. The van der Waals surface area contributed by atoms with Crippen molar-refractivity contribution in [1.82, 2.24) is 14.7 Å². The number of benzene rings is 1. The van der Waals surface area contributed by atoms with Crippen LogP contribution in [-0.4, -0.2) is 84.0 Å². The van der Waals surface area contributed by atoms with Crippen molar-refractivity contribution in [1.29, 1.82) is 0 Å². The summed E-state index contributed by atoms with van der Waals surface area (Å²) < 4.78 is 0. The topological polar surface area (TPSA) is 64.1 Å². The average Bonchev–Trinajstić information content (AvgIpc) is 2.75. The molecular weight excluding hydrogens is 282 g/mol. The molecular formula is C16H21N3O3. The van der Waals surface area contributed by atoms with Crippen LogP contribution in [-0.2, 0) is 0 Å². The first-order valence-electron chi connectivity index (χ1n) is 7.60. The normalized spacial score (nSPS) is 21.3. The van der Waals surface area contributed by atoms with Gasteiger partial charge in [-0.1, -0.05) is 12.1 Å². The van der Waals surface area contributed by atoms with Crippen LogP contribution in [0.3, 0.4) is 0 Å². The number of piperazine rings is 1. The Bertz CT molecular complexity index is 547. The van der Waals surface area contributed by atoms with Crippen LogP contribution >= 0.6 is 0 Å². The van der Waals surface area contributed by atoms with Crippen molar-refractivity contribution in [2.24, 2.45) is 0 Å². The molecule has 1 saturated heterocycles. The van der Waals surface area contributed by atoms with Gasteiger partial charge >= 0.3 is 0 Å². The zero-order chi connectivity index (χ0) is 15.7. The van der Waals surface area contributed by atoms with Crippen LogP contribution in [0.5, 0.6) is 0 Å². The number of aliphatic hydroxyl groups is 1. The fourth-order valence-corrected chi connectivity index (χ4v) is 3.00. The van der Waals surface area contributed by atoms with E-state index in [0.29, 0.717) is 17.7 Å². The highest BCUT2D eigenvalue weighted by atomic mass is 16.3. The lowest BCUT2D eigenvalue weighted by molar-refractivity contribution is 0.0418. The summed E-state index contributed by atoms with van der Waals surface area (Å²) in [7, 11) is 2.08. The van der Waals surface area contributed by atoms with Crippen molar-refractivity contribution < 1.29 is 14.7 Å². The van der Waals surface area contributed by atoms with Crippen LogP contribution < -0.4 is 0 Å². The molecule has 2 aliphatic heterocycles. The quantitative estimate of drug-likeness (QED) is 0.787. The molecule has 1 aromatic carbocycles. The molecule has 1 aromatic rings. The third-order valence-electron chi connectivity index (χ3n) is 4.34. The molecule has 1 fully saturated rings. The number of aliphatic hydroxyl groups excluding tert-OH is 1. The maximum atomic E-state index is 12.3. The Hall–Kier alpha value is -1.76. The predicted octanol–water partition coefficient (Wildman–Crippen LogP) is -0.109. The van der Waals surface area contributed by atoms with Crippen LogP contribution in [0.25, 0.3) is 0 Å². The average molecular weight is 303 g/mol. The highest BCUT2D eigenvalue weighted by molar-refractivity contribution is 6.21. The first kappa shape index (κ1) is 15.1. The summed E-state index contributed by atoms with van der Waals surface area (Å²) in [6.45, 7) is 4.28. The van der Waals surface area contributed by atoms with Gasteiger partial charge in [-0.15, -0.1) is 0 Å². The minimum Gasteiger partial charge on any atom is -0.390 e. The van der Waals surface area contributed by atoms with Crippen LogP contribution in [0.1, 0.15) is 20.7 Å². The number of amides is 2. The number of hydrogen-bond donors (Lipinski definition) is 1. The van der Waals surface area contributed by atoms with E-state index in [-0.39, 0.29) is 18.4 Å². The molecule has 0 bridgehead atoms. The number of fused-ring (bicyclic) bond motifs is 1. The van der Waals surface area contributed by atoms with Gasteiger partial charge in [-0.3, -0.25) is 19.4 Å². The van der Waals surface area contributed by atoms with Crippen molar-refractivity contribution >= 4 is 11.8 Å². The van der Waals surface area contributed by atoms with Gasteiger partial charge in [0.25, 0.3) is 11.8 Å². The van der Waals surface area contributed by atoms with E-state index < -0.39 is 6.10 Å². The van der Waals surface area contributed by atoms with Crippen LogP contribution in [0, 0.1) is 0 Å². The highest BCUT2D eigenvalue weighted by Crippen LogP contribution is 2.22. The van der Waals surface area contributed by atoms with Crippen LogP contribution in [0.2, 0.25) is 0 Å². The molecule has 6 heteroatoms. The van der Waals surface area contributed by atoms with Gasteiger partial charge in [0.05, 0.1) is 23.8 Å². The summed E-state index contributed by atoms with van der Waals surface area (Å²) >= 11 is 0. The molecule has 0 aromatic heterocycles. The fourth-order valence-electron chi connectivity index (χ4n) is 3.00. The number of imide groups is 1. The molecule has 0 radical (unpaired) electrons. The molecule has 1 N–H and O–H groups in total. The minimum absolute atomic E-state index is 0.0543. The standard InChI is InChI=1S/C16H21N3O3/c1-17-6-8-18(9-7-17)10-12(20)11-19-15(21)13-4-2-3-5-14(13)16(19)22/h2-5,12,20H,6-11H2,1H3/t12-/m0/s1. The lowest BCUT2D eigenvalue weighted by Crippen LogP contribution is -2.49. The van der Waals surface area contributed by atoms with Gasteiger partial charge in [0, 0.05) is 32.7 Å². The Morgan fingerprint density at radius 3 is 2.09 bits per heavy atom. The largest absolute Gasteiger partial charge is 0.390 e. The number of carbonyl (C=O) groups excluding carboxylic acids is 2. The van der Waals surface area contributed by atoms with Gasteiger partial charge < -0.3 is 10.0 Å². The number of carbonyl (C=O) groups is 2. The maximum absolute atomic E-state index is 12.3. The first-order chi connectivity index (χ1) is 10.6. The smallest absolute Gasteiger partial charge is 0.261 e. The summed E-state index contributed by atoms with van der Waals surface area (Å²) in [5, 5.41) is 10.2. The summed E-state index contributed by atoms with van der Waals surface area (Å²) in [6.07, 6.45) is -0.717. The maximum Gasteiger partial charge on any atom is 0.261 e. The van der Waals surface area contributed by atoms with Crippen LogP contribution in [0.4, 0.5) is 0 Å². The van der Waals surface area contributed by atoms with Gasteiger partial charge in [-0.25, -0.2) is 0 Å². The third kappa shape index (κ3) is 2.90. The lowest BCUT2D eigenvalue weighted by Gasteiger charge is -2.34. The van der Waals surface area contributed by atoms with Crippen molar-refractivity contribution in [2.45, 2.75) is 6.10 Å². The summed E-state index contributed by atoms with van der Waals surface area (Å²) in [5.74, 6) is -0.615. The molecule has 0 unspecified atom stereocenters. The summed E-state index contributed by atoms with van der Waals surface area (Å²) in [4.78, 5) is 30.1. The van der Waals surface area contributed by atoms with E-state index in [1.807, 2.05) is 0 Å². The Kier molecular flexibility index (Phi) is 4.24. The van der Waals surface area contributed by atoms with Crippen molar-refractivity contribution in [3.63, 3.8) is 0 Å². The second-order valence-electron chi connectivity index (χ2n) is 6.02. The van der Waals surface area contributed by atoms with E-state index in [0.717, 1.165) is 31.1 Å². The van der Waals surface area contributed by atoms with E-state index in [1.165, 1.54) is 0 Å². The van der Waals surface area contributed by atoms with Crippen molar-refractivity contribution in [3.05, 3.63) is 35.4 Å². The SMILES string of the molecule is CN1CCN(C[C@H](O)CN2C(=O)c3ccccc3C2=O)CC1. The first-order valence-corrected chi connectivity index (χ1v) is 7.60. The van der Waals surface area contributed by atoms with E-state index >= 15 is 0 Å². The number of likely N-dealkylation sites (N-methyl/N-ethyl adjacent to an activating group) is 1. The van der Waals surface area contributed by atoms with Gasteiger partial charge in [-0.2, -0.15) is 0 Å². The van der Waals surface area contributed by atoms with E-state index in [2.05, 4.69) is 16.8 Å². The zero-order valence-electron chi connectivity index (χ0n) is 12.7. The molecule has 6 nitrogen and oxygen atoms in total. The molecule has 3 rings (SSSR count). The van der Waals surface area contributed by atoms with Gasteiger partial charge in [0.2, 0.25) is 0 Å². The van der Waals surface area contributed by atoms with E-state index in [4.69, 9.17) is 0 Å². The summed E-state index contributed by atoms with van der Waals surface area (Å²) in [6, 6.07) is 6.80. The Balaban J connectivity index is 1.60. The third-order valence-corrected chi connectivity index (χ3v) is 4.34. The minimum atomic E-state index is -0.717. The lowest BCUT2D eigenvalue weighted by atomic mass is 10.1. The van der Waals surface area contributed by atoms with Gasteiger partial charge in [-0.05, 0) is 19.2 Å². The highest BCUT2D eigenvalue weighted by Gasteiger charge is 2.36.